The summed E-state index contributed by atoms with van der Waals surface area (Å²) in [4.78, 5) is 23.7. The quantitative estimate of drug-likeness (QED) is 0.893. The summed E-state index contributed by atoms with van der Waals surface area (Å²) in [5.74, 6) is 1.52. The number of amides is 1. The van der Waals surface area contributed by atoms with Crippen LogP contribution in [0.5, 0.6) is 0 Å². The molecule has 2 N–H and O–H groups in total. The van der Waals surface area contributed by atoms with Crippen LogP contribution in [0, 0.1) is 5.92 Å². The van der Waals surface area contributed by atoms with E-state index >= 15 is 0 Å². The zero-order valence-corrected chi connectivity index (χ0v) is 15.8. The van der Waals surface area contributed by atoms with Gasteiger partial charge in [-0.1, -0.05) is 24.1 Å². The maximum atomic E-state index is 13.0. The normalized spacial score (nSPS) is 26.9. The summed E-state index contributed by atoms with van der Waals surface area (Å²) in [6, 6.07) is 5.62. The zero-order valence-electron chi connectivity index (χ0n) is 15.8. The molecule has 144 valence electrons. The number of carbonyl (C=O) groups is 1. The Morgan fingerprint density at radius 3 is 2.78 bits per heavy atom. The van der Waals surface area contributed by atoms with Crippen LogP contribution in [-0.4, -0.2) is 44.6 Å². The number of pyridine rings is 1. The number of hydrogen-bond donors (Lipinski definition) is 1. The predicted octanol–water partition coefficient (Wildman–Crippen LogP) is 2.75. The van der Waals surface area contributed by atoms with Crippen molar-refractivity contribution < 1.29 is 9.32 Å². The number of piperidine rings is 1. The summed E-state index contributed by atoms with van der Waals surface area (Å²) in [5, 5.41) is 4.06. The topological polar surface area (TPSA) is 98.1 Å². The molecule has 0 aromatic carbocycles. The van der Waals surface area contributed by atoms with Gasteiger partial charge in [0, 0.05) is 30.7 Å². The summed E-state index contributed by atoms with van der Waals surface area (Å²) in [5.41, 5.74) is 6.75. The summed E-state index contributed by atoms with van der Waals surface area (Å²) < 4.78 is 5.48. The van der Waals surface area contributed by atoms with Crippen molar-refractivity contribution in [1.82, 2.24) is 20.0 Å². The van der Waals surface area contributed by atoms with E-state index in [2.05, 4.69) is 15.1 Å². The van der Waals surface area contributed by atoms with E-state index in [-0.39, 0.29) is 23.3 Å². The first-order valence-corrected chi connectivity index (χ1v) is 9.87. The van der Waals surface area contributed by atoms with Crippen molar-refractivity contribution in [1.29, 1.82) is 0 Å². The Hall–Kier alpha value is -2.28. The largest absolute Gasteiger partial charge is 0.342 e. The maximum absolute atomic E-state index is 13.0. The molecule has 1 aliphatic carbocycles. The van der Waals surface area contributed by atoms with Gasteiger partial charge in [0.15, 0.2) is 0 Å². The molecule has 1 amide bonds. The first-order valence-electron chi connectivity index (χ1n) is 9.87. The molecule has 0 bridgehead atoms. The lowest BCUT2D eigenvalue weighted by atomic mass is 9.73. The van der Waals surface area contributed by atoms with Crippen LogP contribution < -0.4 is 5.73 Å². The molecule has 0 spiro atoms. The van der Waals surface area contributed by atoms with Gasteiger partial charge in [0.2, 0.25) is 17.6 Å². The second-order valence-electron chi connectivity index (χ2n) is 8.07. The van der Waals surface area contributed by atoms with Crippen molar-refractivity contribution in [2.75, 3.05) is 13.1 Å². The van der Waals surface area contributed by atoms with Crippen LogP contribution in [0.4, 0.5) is 0 Å². The Morgan fingerprint density at radius 2 is 2.07 bits per heavy atom. The maximum Gasteiger partial charge on any atom is 0.230 e. The van der Waals surface area contributed by atoms with Crippen LogP contribution in [0.1, 0.15) is 57.3 Å². The average molecular weight is 369 g/mol. The van der Waals surface area contributed by atoms with Crippen molar-refractivity contribution >= 4 is 5.91 Å². The van der Waals surface area contributed by atoms with Crippen molar-refractivity contribution in [3.05, 3.63) is 30.3 Å². The number of aromatic nitrogens is 3. The fourth-order valence-electron chi connectivity index (χ4n) is 4.33. The highest BCUT2D eigenvalue weighted by Gasteiger charge is 2.40. The lowest BCUT2D eigenvalue weighted by Crippen LogP contribution is -2.54. The number of likely N-dealkylation sites (tertiary alicyclic amines) is 1. The van der Waals surface area contributed by atoms with Crippen molar-refractivity contribution in [3.63, 3.8) is 0 Å². The molecule has 2 aromatic heterocycles. The molecule has 3 heterocycles. The Bertz CT molecular complexity index is 781. The molecule has 4 rings (SSSR count). The van der Waals surface area contributed by atoms with Gasteiger partial charge in [-0.3, -0.25) is 9.78 Å². The van der Waals surface area contributed by atoms with Crippen LogP contribution in [-0.2, 0) is 4.79 Å². The minimum absolute atomic E-state index is 0.0537. The molecule has 1 aliphatic heterocycles. The molecular weight excluding hydrogens is 342 g/mol. The Morgan fingerprint density at radius 1 is 1.26 bits per heavy atom. The Labute approximate surface area is 159 Å². The van der Waals surface area contributed by atoms with Gasteiger partial charge in [-0.15, -0.1) is 0 Å². The van der Waals surface area contributed by atoms with E-state index in [0.29, 0.717) is 17.4 Å². The average Bonchev–Trinajstić information content (AvgIpc) is 3.18. The molecule has 27 heavy (non-hydrogen) atoms. The van der Waals surface area contributed by atoms with Gasteiger partial charge < -0.3 is 15.2 Å². The molecule has 2 aromatic rings. The van der Waals surface area contributed by atoms with Crippen LogP contribution in [0.15, 0.2) is 28.9 Å². The van der Waals surface area contributed by atoms with E-state index in [1.807, 2.05) is 30.0 Å². The number of rotatable bonds is 3. The number of nitrogens with zero attached hydrogens (tertiary/aromatic N) is 4. The molecule has 2 unspecified atom stereocenters. The standard InChI is InChI=1S/C20H27N5O2/c1-20(21)10-4-2-6-15(20)19(26)25-12-8-14(9-13-25)18-23-17(24-27-18)16-7-3-5-11-22-16/h3,5,7,11,14-15H,2,4,6,8-10,12-13,21H2,1H3. The summed E-state index contributed by atoms with van der Waals surface area (Å²) in [7, 11) is 0. The minimum Gasteiger partial charge on any atom is -0.342 e. The van der Waals surface area contributed by atoms with Crippen LogP contribution in [0.25, 0.3) is 11.5 Å². The van der Waals surface area contributed by atoms with E-state index < -0.39 is 0 Å². The molecule has 7 nitrogen and oxygen atoms in total. The van der Waals surface area contributed by atoms with E-state index in [0.717, 1.165) is 51.6 Å². The molecule has 7 heteroatoms. The van der Waals surface area contributed by atoms with Gasteiger partial charge in [-0.25, -0.2) is 0 Å². The summed E-state index contributed by atoms with van der Waals surface area (Å²) in [6.45, 7) is 3.47. The van der Waals surface area contributed by atoms with Crippen molar-refractivity contribution in [2.24, 2.45) is 11.7 Å². The van der Waals surface area contributed by atoms with E-state index in [1.54, 1.807) is 6.20 Å². The molecular formula is C20H27N5O2. The number of hydrogen-bond acceptors (Lipinski definition) is 6. The fraction of sp³-hybridized carbons (Fsp3) is 0.600. The Kier molecular flexibility index (Phi) is 4.95. The van der Waals surface area contributed by atoms with Gasteiger partial charge in [-0.2, -0.15) is 4.98 Å². The third kappa shape index (κ3) is 3.74. The third-order valence-electron chi connectivity index (χ3n) is 6.04. The highest BCUT2D eigenvalue weighted by atomic mass is 16.5. The van der Waals surface area contributed by atoms with Crippen LogP contribution >= 0.6 is 0 Å². The van der Waals surface area contributed by atoms with Gasteiger partial charge in [0.05, 0.1) is 5.92 Å². The van der Waals surface area contributed by atoms with Gasteiger partial charge in [-0.05, 0) is 44.7 Å². The highest BCUT2D eigenvalue weighted by molar-refractivity contribution is 5.80. The van der Waals surface area contributed by atoms with E-state index in [1.165, 1.54) is 0 Å². The lowest BCUT2D eigenvalue weighted by Gasteiger charge is -2.41. The molecule has 1 saturated carbocycles. The first kappa shape index (κ1) is 18.1. The SMILES string of the molecule is CC1(N)CCCCC1C(=O)N1CCC(c2nc(-c3ccccn3)no2)CC1. The van der Waals surface area contributed by atoms with Crippen LogP contribution in [0.3, 0.4) is 0 Å². The van der Waals surface area contributed by atoms with Gasteiger partial charge in [0.25, 0.3) is 0 Å². The monoisotopic (exact) mass is 369 g/mol. The fourth-order valence-corrected chi connectivity index (χ4v) is 4.33. The highest BCUT2D eigenvalue weighted by Crippen LogP contribution is 2.35. The predicted molar refractivity (Wildman–Crippen MR) is 101 cm³/mol. The number of nitrogens with two attached hydrogens (primary N) is 1. The molecule has 1 saturated heterocycles. The van der Waals surface area contributed by atoms with Gasteiger partial charge >= 0.3 is 0 Å². The lowest BCUT2D eigenvalue weighted by molar-refractivity contribution is -0.140. The zero-order chi connectivity index (χ0) is 18.9. The summed E-state index contributed by atoms with van der Waals surface area (Å²) >= 11 is 0. The first-order chi connectivity index (χ1) is 13.0. The van der Waals surface area contributed by atoms with E-state index in [9.17, 15) is 4.79 Å². The molecule has 0 radical (unpaired) electrons. The smallest absolute Gasteiger partial charge is 0.230 e. The molecule has 2 fully saturated rings. The van der Waals surface area contributed by atoms with Gasteiger partial charge in [0.1, 0.15) is 5.69 Å². The minimum atomic E-state index is -0.379. The van der Waals surface area contributed by atoms with E-state index in [4.69, 9.17) is 10.3 Å². The molecule has 2 atom stereocenters. The van der Waals surface area contributed by atoms with Crippen molar-refractivity contribution in [2.45, 2.75) is 56.9 Å². The second-order valence-corrected chi connectivity index (χ2v) is 8.07. The van der Waals surface area contributed by atoms with Crippen LogP contribution in [0.2, 0.25) is 0 Å². The third-order valence-corrected chi connectivity index (χ3v) is 6.04. The summed E-state index contributed by atoms with van der Waals surface area (Å²) in [6.07, 6.45) is 7.44. The molecule has 2 aliphatic rings. The number of carbonyl (C=O) groups excluding carboxylic acids is 1. The van der Waals surface area contributed by atoms with Crippen molar-refractivity contribution in [3.8, 4) is 11.5 Å². The Balaban J connectivity index is 1.38. The second kappa shape index (κ2) is 7.38.